The smallest absolute Gasteiger partial charge is 0.154 e. The molecule has 1 heterocycles. The van der Waals surface area contributed by atoms with Crippen LogP contribution in [0.3, 0.4) is 0 Å². The molecule has 0 spiro atoms. The van der Waals surface area contributed by atoms with Gasteiger partial charge in [0.2, 0.25) is 0 Å². The van der Waals surface area contributed by atoms with Gasteiger partial charge >= 0.3 is 0 Å². The van der Waals surface area contributed by atoms with E-state index in [0.717, 1.165) is 16.6 Å². The average Bonchev–Trinajstić information content (AvgIpc) is 2.39. The van der Waals surface area contributed by atoms with Crippen LogP contribution < -0.4 is 5.32 Å². The van der Waals surface area contributed by atoms with Crippen molar-refractivity contribution in [2.45, 2.75) is 24.6 Å². The van der Waals surface area contributed by atoms with Crippen LogP contribution in [0.4, 0.5) is 0 Å². The summed E-state index contributed by atoms with van der Waals surface area (Å²) in [5.41, 5.74) is 1.03. The lowest BCUT2D eigenvalue weighted by Crippen LogP contribution is -2.26. The van der Waals surface area contributed by atoms with Gasteiger partial charge in [-0.05, 0) is 37.6 Å². The monoisotopic (exact) mass is 317 g/mol. The molecule has 5 heteroatoms. The second-order valence-corrected chi connectivity index (χ2v) is 7.87. The van der Waals surface area contributed by atoms with E-state index in [2.05, 4.69) is 21.2 Å². The van der Waals surface area contributed by atoms with Gasteiger partial charge in [-0.2, -0.15) is 0 Å². The minimum absolute atomic E-state index is 0.0950. The van der Waals surface area contributed by atoms with Gasteiger partial charge in [-0.3, -0.25) is 0 Å². The van der Waals surface area contributed by atoms with Crippen LogP contribution in [0.25, 0.3) is 0 Å². The molecule has 1 N–H and O–H groups in total. The minimum atomic E-state index is -2.99. The van der Waals surface area contributed by atoms with Gasteiger partial charge in [-0.1, -0.05) is 28.1 Å². The third-order valence-electron chi connectivity index (χ3n) is 3.20. The van der Waals surface area contributed by atoms with Crippen LogP contribution in [0.15, 0.2) is 28.7 Å². The maximum Gasteiger partial charge on any atom is 0.154 e. The molecule has 1 fully saturated rings. The van der Waals surface area contributed by atoms with Crippen molar-refractivity contribution in [2.75, 3.05) is 12.3 Å². The minimum Gasteiger partial charge on any atom is -0.309 e. The van der Waals surface area contributed by atoms with E-state index >= 15 is 0 Å². The summed E-state index contributed by atoms with van der Waals surface area (Å²) >= 11 is 3.41. The first kappa shape index (κ1) is 13.1. The Bertz CT molecular complexity index is 501. The quantitative estimate of drug-likeness (QED) is 0.864. The van der Waals surface area contributed by atoms with E-state index in [9.17, 15) is 8.42 Å². The van der Waals surface area contributed by atoms with Crippen LogP contribution in [0.5, 0.6) is 0 Å². The summed E-state index contributed by atoms with van der Waals surface area (Å²) in [7, 11) is -2.99. The second kappa shape index (κ2) is 5.08. The fourth-order valence-electron chi connectivity index (χ4n) is 2.03. The van der Waals surface area contributed by atoms with Crippen molar-refractivity contribution in [3.63, 3.8) is 0 Å². The van der Waals surface area contributed by atoms with Crippen molar-refractivity contribution in [2.24, 2.45) is 0 Å². The Balaban J connectivity index is 2.28. The van der Waals surface area contributed by atoms with E-state index < -0.39 is 9.84 Å². The van der Waals surface area contributed by atoms with Crippen LogP contribution in [-0.2, 0) is 9.84 Å². The molecule has 1 aliphatic rings. The van der Waals surface area contributed by atoms with Crippen LogP contribution in [-0.4, -0.2) is 26.0 Å². The van der Waals surface area contributed by atoms with Crippen LogP contribution in [0.2, 0.25) is 0 Å². The molecular weight excluding hydrogens is 302 g/mol. The fourth-order valence-corrected chi connectivity index (χ4v) is 4.03. The summed E-state index contributed by atoms with van der Waals surface area (Å²) in [6.07, 6.45) is 0.687. The summed E-state index contributed by atoms with van der Waals surface area (Å²) < 4.78 is 25.0. The van der Waals surface area contributed by atoms with Crippen molar-refractivity contribution in [1.29, 1.82) is 0 Å². The second-order valence-electron chi connectivity index (χ2n) is 4.49. The zero-order valence-corrected chi connectivity index (χ0v) is 12.1. The van der Waals surface area contributed by atoms with Crippen molar-refractivity contribution in [3.8, 4) is 0 Å². The topological polar surface area (TPSA) is 46.2 Å². The number of sulfone groups is 1. The van der Waals surface area contributed by atoms with Gasteiger partial charge in [0.05, 0.1) is 11.0 Å². The lowest BCUT2D eigenvalue weighted by Gasteiger charge is -2.16. The lowest BCUT2D eigenvalue weighted by molar-refractivity contribution is 0.572. The molecule has 1 saturated heterocycles. The predicted octanol–water partition coefficient (Wildman–Crippen LogP) is 2.29. The first-order valence-electron chi connectivity index (χ1n) is 5.69. The molecule has 0 radical (unpaired) electrons. The van der Waals surface area contributed by atoms with Crippen LogP contribution in [0, 0.1) is 0 Å². The number of hydrogen-bond donors (Lipinski definition) is 1. The average molecular weight is 318 g/mol. The number of hydrogen-bond acceptors (Lipinski definition) is 3. The van der Waals surface area contributed by atoms with E-state index in [1.54, 1.807) is 6.92 Å². The van der Waals surface area contributed by atoms with Crippen molar-refractivity contribution in [3.05, 3.63) is 34.3 Å². The van der Waals surface area contributed by atoms with E-state index in [1.807, 2.05) is 24.3 Å². The van der Waals surface area contributed by atoms with Crippen molar-refractivity contribution in [1.82, 2.24) is 5.32 Å². The van der Waals surface area contributed by atoms with Crippen LogP contribution >= 0.6 is 15.9 Å². The first-order valence-corrected chi connectivity index (χ1v) is 8.20. The van der Waals surface area contributed by atoms with E-state index in [4.69, 9.17) is 0 Å². The Morgan fingerprint density at radius 2 is 2.18 bits per heavy atom. The van der Waals surface area contributed by atoms with Crippen LogP contribution in [0.1, 0.15) is 24.9 Å². The Hall–Kier alpha value is -0.390. The van der Waals surface area contributed by atoms with E-state index in [0.29, 0.717) is 6.42 Å². The summed E-state index contributed by atoms with van der Waals surface area (Å²) in [5, 5.41) is 3.07. The number of rotatable bonds is 1. The normalized spacial score (nSPS) is 28.6. The molecule has 0 bridgehead atoms. The summed E-state index contributed by atoms with van der Waals surface area (Å²) in [5.74, 6) is 0.185. The van der Waals surface area contributed by atoms with Gasteiger partial charge in [0.15, 0.2) is 9.84 Å². The summed E-state index contributed by atoms with van der Waals surface area (Å²) in [6, 6.07) is 7.72. The van der Waals surface area contributed by atoms with Gasteiger partial charge in [0.25, 0.3) is 0 Å². The van der Waals surface area contributed by atoms with E-state index in [-0.39, 0.29) is 17.0 Å². The molecule has 0 amide bonds. The molecule has 17 heavy (non-hydrogen) atoms. The van der Waals surface area contributed by atoms with Gasteiger partial charge in [0.1, 0.15) is 0 Å². The standard InChI is InChI=1S/C12H16BrNO2S/c1-9-5-6-14-12(8-17(9,15)16)10-3-2-4-11(13)7-10/h2-4,7,9,12,14H,5-6,8H2,1H3. The number of nitrogens with one attached hydrogen (secondary N) is 1. The van der Waals surface area contributed by atoms with Crippen molar-refractivity contribution < 1.29 is 8.42 Å². The molecule has 3 nitrogen and oxygen atoms in total. The molecule has 0 aromatic heterocycles. The Labute approximate surface area is 111 Å². The Morgan fingerprint density at radius 1 is 1.41 bits per heavy atom. The summed E-state index contributed by atoms with van der Waals surface area (Å²) in [6.45, 7) is 2.54. The highest BCUT2D eigenvalue weighted by atomic mass is 79.9. The summed E-state index contributed by atoms with van der Waals surface area (Å²) in [4.78, 5) is 0. The SMILES string of the molecule is CC1CCNC(c2cccc(Br)c2)CS1(=O)=O. The van der Waals surface area contributed by atoms with Gasteiger partial charge in [-0.25, -0.2) is 8.42 Å². The van der Waals surface area contributed by atoms with Gasteiger partial charge in [-0.15, -0.1) is 0 Å². The molecular formula is C12H16BrNO2S. The molecule has 94 valence electrons. The highest BCUT2D eigenvalue weighted by Gasteiger charge is 2.29. The molecule has 1 aromatic carbocycles. The number of benzene rings is 1. The van der Waals surface area contributed by atoms with Crippen molar-refractivity contribution >= 4 is 25.8 Å². The number of halogens is 1. The Kier molecular flexibility index (Phi) is 3.90. The largest absolute Gasteiger partial charge is 0.309 e. The molecule has 1 aromatic rings. The molecule has 0 aliphatic carbocycles. The third kappa shape index (κ3) is 3.09. The Morgan fingerprint density at radius 3 is 2.88 bits per heavy atom. The lowest BCUT2D eigenvalue weighted by atomic mass is 10.1. The maximum atomic E-state index is 12.0. The fraction of sp³-hybridized carbons (Fsp3) is 0.500. The highest BCUT2D eigenvalue weighted by molar-refractivity contribution is 9.10. The molecule has 2 unspecified atom stereocenters. The molecule has 2 atom stereocenters. The highest BCUT2D eigenvalue weighted by Crippen LogP contribution is 2.23. The molecule has 1 aliphatic heterocycles. The first-order chi connectivity index (χ1) is 7.99. The van der Waals surface area contributed by atoms with Gasteiger partial charge < -0.3 is 5.32 Å². The third-order valence-corrected chi connectivity index (χ3v) is 5.96. The predicted molar refractivity (Wildman–Crippen MR) is 72.8 cm³/mol. The van der Waals surface area contributed by atoms with E-state index in [1.165, 1.54) is 0 Å². The zero-order chi connectivity index (χ0) is 12.5. The molecule has 2 rings (SSSR count). The maximum absolute atomic E-state index is 12.0. The van der Waals surface area contributed by atoms with Gasteiger partial charge in [0, 0.05) is 10.5 Å². The zero-order valence-electron chi connectivity index (χ0n) is 9.69. The molecule has 0 saturated carbocycles.